The number of alkyl halides is 2. The van der Waals surface area contributed by atoms with Crippen molar-refractivity contribution in [3.05, 3.63) is 53.8 Å². The maximum atomic E-state index is 14.3. The Kier molecular flexibility index (Phi) is 4.91. The average molecular weight is 372 g/mol. The highest BCUT2D eigenvalue weighted by Gasteiger charge is 2.36. The monoisotopic (exact) mass is 372 g/mol. The van der Waals surface area contributed by atoms with Gasteiger partial charge in [0, 0.05) is 36.6 Å². The van der Waals surface area contributed by atoms with Gasteiger partial charge < -0.3 is 10.6 Å². The summed E-state index contributed by atoms with van der Waals surface area (Å²) in [5.41, 5.74) is 1.96. The molecule has 6 nitrogen and oxygen atoms in total. The summed E-state index contributed by atoms with van der Waals surface area (Å²) in [6, 6.07) is 0. The number of hydrogen-bond donors (Lipinski definition) is 2. The second-order valence-electron chi connectivity index (χ2n) is 6.74. The summed E-state index contributed by atoms with van der Waals surface area (Å²) in [6.07, 6.45) is 6.42. The highest BCUT2D eigenvalue weighted by atomic mass is 19.3. The van der Waals surface area contributed by atoms with E-state index in [2.05, 4.69) is 57.1 Å². The van der Waals surface area contributed by atoms with Gasteiger partial charge in [-0.2, -0.15) is 13.8 Å². The van der Waals surface area contributed by atoms with Crippen molar-refractivity contribution < 1.29 is 8.78 Å². The van der Waals surface area contributed by atoms with Crippen molar-refractivity contribution in [2.75, 3.05) is 17.7 Å². The molecule has 2 unspecified atom stereocenters. The molecule has 0 saturated heterocycles. The molecule has 8 heteroatoms. The van der Waals surface area contributed by atoms with Crippen molar-refractivity contribution in [2.45, 2.75) is 32.6 Å². The van der Waals surface area contributed by atoms with Crippen LogP contribution in [0.25, 0.3) is 5.70 Å². The first-order valence-corrected chi connectivity index (χ1v) is 8.63. The summed E-state index contributed by atoms with van der Waals surface area (Å²) in [5, 5.41) is 5.84. The Hall–Kier alpha value is -2.90. The van der Waals surface area contributed by atoms with Gasteiger partial charge in [0.1, 0.15) is 12.1 Å². The predicted molar refractivity (Wildman–Crippen MR) is 101 cm³/mol. The topological polar surface area (TPSA) is 75.6 Å². The number of anilines is 2. The second kappa shape index (κ2) is 7.02. The Morgan fingerprint density at radius 1 is 1.22 bits per heavy atom. The highest BCUT2D eigenvalue weighted by molar-refractivity contribution is 5.77. The van der Waals surface area contributed by atoms with E-state index in [1.165, 1.54) is 20.3 Å². The third-order valence-electron chi connectivity index (χ3n) is 4.83. The van der Waals surface area contributed by atoms with E-state index >= 15 is 0 Å². The summed E-state index contributed by atoms with van der Waals surface area (Å²) < 4.78 is 28.7. The van der Waals surface area contributed by atoms with Crippen LogP contribution in [0.5, 0.6) is 0 Å². The number of allylic oxidation sites excluding steroid dienone is 2. The lowest BCUT2D eigenvalue weighted by atomic mass is 9.84. The quantitative estimate of drug-likeness (QED) is 0.767. The molecular formula is C19H22F2N6. The minimum absolute atomic E-state index is 0.0443. The number of rotatable bonds is 5. The van der Waals surface area contributed by atoms with Gasteiger partial charge in [0.25, 0.3) is 5.92 Å². The number of hydrogen-bond acceptors (Lipinski definition) is 6. The minimum atomic E-state index is -3.22. The summed E-state index contributed by atoms with van der Waals surface area (Å²) in [6.45, 7) is 8.83. The fraction of sp³-hybridized carbons (Fsp3) is 0.368. The van der Waals surface area contributed by atoms with E-state index in [0.29, 0.717) is 0 Å². The van der Waals surface area contributed by atoms with Crippen LogP contribution in [0, 0.1) is 5.92 Å². The van der Waals surface area contributed by atoms with Gasteiger partial charge in [-0.3, -0.25) is 0 Å². The Morgan fingerprint density at radius 3 is 2.63 bits per heavy atom. The van der Waals surface area contributed by atoms with Crippen LogP contribution in [0.1, 0.15) is 43.5 Å². The summed E-state index contributed by atoms with van der Waals surface area (Å²) in [4.78, 5) is 16.8. The molecule has 2 heterocycles. The second-order valence-corrected chi connectivity index (χ2v) is 6.74. The van der Waals surface area contributed by atoms with Gasteiger partial charge in [0.15, 0.2) is 0 Å². The fourth-order valence-corrected chi connectivity index (χ4v) is 2.98. The van der Waals surface area contributed by atoms with Crippen LogP contribution in [0.15, 0.2) is 36.9 Å². The van der Waals surface area contributed by atoms with Crippen LogP contribution in [0.4, 0.5) is 20.5 Å². The van der Waals surface area contributed by atoms with Gasteiger partial charge in [0.2, 0.25) is 5.95 Å². The Bertz CT molecular complexity index is 909. The molecule has 2 atom stereocenters. The number of fused-ring (bicyclic) bond motifs is 1. The van der Waals surface area contributed by atoms with E-state index in [-0.39, 0.29) is 34.7 Å². The lowest BCUT2D eigenvalue weighted by Crippen LogP contribution is -2.20. The molecule has 0 spiro atoms. The Balaban J connectivity index is 1.97. The van der Waals surface area contributed by atoms with Crippen LogP contribution >= 0.6 is 0 Å². The molecule has 0 saturated carbocycles. The van der Waals surface area contributed by atoms with E-state index in [0.717, 1.165) is 23.2 Å². The normalized spacial score (nSPS) is 19.1. The zero-order chi connectivity index (χ0) is 19.8. The predicted octanol–water partition coefficient (Wildman–Crippen LogP) is 4.18. The molecule has 1 aliphatic rings. The van der Waals surface area contributed by atoms with E-state index in [4.69, 9.17) is 0 Å². The zero-order valence-electron chi connectivity index (χ0n) is 15.7. The molecule has 0 fully saturated rings. The number of halogens is 2. The number of nitrogens with zero attached hydrogens (tertiary/aromatic N) is 4. The SMILES string of the molecule is C=C(C)C(F)(F)c1cnc(NC2=CC(C)C(C)c3ncncc32)nc1NC. The van der Waals surface area contributed by atoms with E-state index in [9.17, 15) is 8.78 Å². The van der Waals surface area contributed by atoms with Crippen LogP contribution in [0.2, 0.25) is 0 Å². The van der Waals surface area contributed by atoms with Gasteiger partial charge in [-0.15, -0.1) is 0 Å². The molecule has 0 radical (unpaired) electrons. The summed E-state index contributed by atoms with van der Waals surface area (Å²) >= 11 is 0. The third-order valence-corrected chi connectivity index (χ3v) is 4.83. The van der Waals surface area contributed by atoms with Gasteiger partial charge in [-0.1, -0.05) is 26.5 Å². The van der Waals surface area contributed by atoms with E-state index in [1.807, 2.05) is 0 Å². The largest absolute Gasteiger partial charge is 0.373 e. The van der Waals surface area contributed by atoms with Gasteiger partial charge in [-0.05, 0) is 18.4 Å². The molecule has 2 N–H and O–H groups in total. The molecule has 0 aromatic carbocycles. The first kappa shape index (κ1) is 18.9. The first-order valence-electron chi connectivity index (χ1n) is 8.63. The van der Waals surface area contributed by atoms with Crippen molar-refractivity contribution in [3.63, 3.8) is 0 Å². The maximum Gasteiger partial charge on any atom is 0.299 e. The smallest absolute Gasteiger partial charge is 0.299 e. The van der Waals surface area contributed by atoms with Crippen molar-refractivity contribution in [3.8, 4) is 0 Å². The molecule has 27 heavy (non-hydrogen) atoms. The first-order chi connectivity index (χ1) is 12.8. The fourth-order valence-electron chi connectivity index (χ4n) is 2.98. The summed E-state index contributed by atoms with van der Waals surface area (Å²) in [7, 11) is 1.54. The van der Waals surface area contributed by atoms with Crippen LogP contribution in [-0.4, -0.2) is 27.0 Å². The molecule has 142 valence electrons. The molecule has 3 rings (SSSR count). The molecular weight excluding hydrogens is 350 g/mol. The van der Waals surface area contributed by atoms with Gasteiger partial charge in [0.05, 0.1) is 11.3 Å². The standard InChI is InChI=1S/C19H22F2N6/c1-10(2)19(20,21)14-8-24-18(27-17(14)22-5)26-15-6-11(3)12(4)16-13(15)7-23-9-25-16/h6-9,11-12H,1H2,2-5H3,(H2,22,24,26,27). The van der Waals surface area contributed by atoms with Crippen molar-refractivity contribution >= 4 is 17.5 Å². The van der Waals surface area contributed by atoms with Crippen LogP contribution in [-0.2, 0) is 5.92 Å². The van der Waals surface area contributed by atoms with Gasteiger partial charge >= 0.3 is 0 Å². The van der Waals surface area contributed by atoms with Gasteiger partial charge in [-0.25, -0.2) is 15.0 Å². The molecule has 0 bridgehead atoms. The van der Waals surface area contributed by atoms with Crippen molar-refractivity contribution in [2.24, 2.45) is 5.92 Å². The summed E-state index contributed by atoms with van der Waals surface area (Å²) in [5.74, 6) is -2.47. The lowest BCUT2D eigenvalue weighted by molar-refractivity contribution is 0.0387. The van der Waals surface area contributed by atoms with Crippen molar-refractivity contribution in [1.29, 1.82) is 0 Å². The third kappa shape index (κ3) is 3.39. The Morgan fingerprint density at radius 2 is 1.96 bits per heavy atom. The van der Waals surface area contributed by atoms with Crippen LogP contribution < -0.4 is 10.6 Å². The van der Waals surface area contributed by atoms with Crippen LogP contribution in [0.3, 0.4) is 0 Å². The maximum absolute atomic E-state index is 14.3. The zero-order valence-corrected chi connectivity index (χ0v) is 15.7. The number of aromatic nitrogens is 4. The average Bonchev–Trinajstić information content (AvgIpc) is 2.65. The Labute approximate surface area is 156 Å². The lowest BCUT2D eigenvalue weighted by Gasteiger charge is -2.27. The number of nitrogens with one attached hydrogen (secondary N) is 2. The van der Waals surface area contributed by atoms with Crippen molar-refractivity contribution in [1.82, 2.24) is 19.9 Å². The molecule has 2 aromatic heterocycles. The minimum Gasteiger partial charge on any atom is -0.373 e. The molecule has 1 aliphatic carbocycles. The molecule has 0 aliphatic heterocycles. The molecule has 0 amide bonds. The van der Waals surface area contributed by atoms with E-state index in [1.54, 1.807) is 6.20 Å². The van der Waals surface area contributed by atoms with E-state index < -0.39 is 5.92 Å². The highest BCUT2D eigenvalue weighted by Crippen LogP contribution is 2.39. The molecule has 2 aromatic rings.